The lowest BCUT2D eigenvalue weighted by molar-refractivity contribution is 0.0233. The van der Waals surface area contributed by atoms with Gasteiger partial charge in [-0.15, -0.1) is 0 Å². The standard InChI is InChI=1S/C32H34N2O2/c1-2-34(31-17-9-13-26-12-6-7-16-30(26)31)29-15-8-14-28(22-29)25-18-20-27(21-19-25)32(35)33-36-23-24-10-4-3-5-11-24/h3-7,9-13,16-21,28-29H,2,8,14-15,22-23H2,1H3,(H,33,35). The van der Waals surface area contributed by atoms with Crippen LogP contribution in [0.25, 0.3) is 10.8 Å². The molecule has 2 atom stereocenters. The minimum absolute atomic E-state index is 0.216. The fourth-order valence-electron chi connectivity index (χ4n) is 5.56. The van der Waals surface area contributed by atoms with Gasteiger partial charge in [-0.25, -0.2) is 5.48 Å². The molecule has 4 nitrogen and oxygen atoms in total. The number of nitrogens with zero attached hydrogens (tertiary/aromatic N) is 1. The summed E-state index contributed by atoms with van der Waals surface area (Å²) in [5.74, 6) is 0.284. The first-order chi connectivity index (χ1) is 17.7. The van der Waals surface area contributed by atoms with Gasteiger partial charge in [0.25, 0.3) is 5.91 Å². The van der Waals surface area contributed by atoms with Gasteiger partial charge in [-0.2, -0.15) is 0 Å². The Morgan fingerprint density at radius 3 is 2.44 bits per heavy atom. The van der Waals surface area contributed by atoms with Crippen LogP contribution in [0.5, 0.6) is 0 Å². The van der Waals surface area contributed by atoms with E-state index in [-0.39, 0.29) is 5.91 Å². The molecule has 0 aromatic heterocycles. The van der Waals surface area contributed by atoms with Crippen LogP contribution in [0.2, 0.25) is 0 Å². The van der Waals surface area contributed by atoms with Gasteiger partial charge in [-0.05, 0) is 66.8 Å². The van der Waals surface area contributed by atoms with Gasteiger partial charge in [-0.1, -0.05) is 85.3 Å². The Hall–Kier alpha value is -3.63. The molecule has 0 radical (unpaired) electrons. The zero-order chi connectivity index (χ0) is 24.7. The Bertz CT molecular complexity index is 1280. The Labute approximate surface area is 213 Å². The van der Waals surface area contributed by atoms with E-state index in [4.69, 9.17) is 4.84 Å². The second kappa shape index (κ2) is 11.4. The van der Waals surface area contributed by atoms with Crippen molar-refractivity contribution in [2.24, 2.45) is 0 Å². The highest BCUT2D eigenvalue weighted by Gasteiger charge is 2.28. The lowest BCUT2D eigenvalue weighted by Crippen LogP contribution is -2.38. The van der Waals surface area contributed by atoms with Crippen LogP contribution in [-0.2, 0) is 11.4 Å². The summed E-state index contributed by atoms with van der Waals surface area (Å²) < 4.78 is 0. The van der Waals surface area contributed by atoms with Gasteiger partial charge in [0.2, 0.25) is 0 Å². The van der Waals surface area contributed by atoms with Crippen molar-refractivity contribution in [3.05, 3.63) is 114 Å². The molecule has 36 heavy (non-hydrogen) atoms. The number of carbonyl (C=O) groups is 1. The Balaban J connectivity index is 1.23. The van der Waals surface area contributed by atoms with Crippen LogP contribution in [0.15, 0.2) is 97.1 Å². The number of hydrogen-bond donors (Lipinski definition) is 1. The highest BCUT2D eigenvalue weighted by atomic mass is 16.6. The molecule has 4 aromatic rings. The number of nitrogens with one attached hydrogen (secondary N) is 1. The van der Waals surface area contributed by atoms with Gasteiger partial charge < -0.3 is 4.90 Å². The zero-order valence-electron chi connectivity index (χ0n) is 20.9. The van der Waals surface area contributed by atoms with Crippen molar-refractivity contribution in [3.63, 3.8) is 0 Å². The molecule has 0 bridgehead atoms. The number of rotatable bonds is 8. The fraction of sp³-hybridized carbons (Fsp3) is 0.281. The number of amides is 1. The van der Waals surface area contributed by atoms with Crippen molar-refractivity contribution in [1.82, 2.24) is 5.48 Å². The van der Waals surface area contributed by atoms with E-state index in [1.165, 1.54) is 41.3 Å². The maximum atomic E-state index is 12.5. The molecule has 0 saturated heterocycles. The third-order valence-electron chi connectivity index (χ3n) is 7.39. The van der Waals surface area contributed by atoms with E-state index < -0.39 is 0 Å². The Morgan fingerprint density at radius 1 is 0.889 bits per heavy atom. The van der Waals surface area contributed by atoms with Crippen LogP contribution in [0, 0.1) is 0 Å². The number of fused-ring (bicyclic) bond motifs is 1. The molecular formula is C32H34N2O2. The van der Waals surface area contributed by atoms with Gasteiger partial charge in [-0.3, -0.25) is 9.63 Å². The van der Waals surface area contributed by atoms with E-state index >= 15 is 0 Å². The third-order valence-corrected chi connectivity index (χ3v) is 7.39. The molecular weight excluding hydrogens is 444 g/mol. The number of hydrogen-bond acceptors (Lipinski definition) is 3. The third kappa shape index (κ3) is 5.44. The lowest BCUT2D eigenvalue weighted by atomic mass is 9.80. The monoisotopic (exact) mass is 478 g/mol. The molecule has 2 unspecified atom stereocenters. The SMILES string of the molecule is CCN(c1cccc2ccccc12)C1CCCC(c2ccc(C(=O)NOCc3ccccc3)cc2)C1. The van der Waals surface area contributed by atoms with E-state index in [2.05, 4.69) is 71.9 Å². The Morgan fingerprint density at radius 2 is 1.64 bits per heavy atom. The van der Waals surface area contributed by atoms with Crippen molar-refractivity contribution in [2.75, 3.05) is 11.4 Å². The molecule has 1 saturated carbocycles. The average Bonchev–Trinajstić information content (AvgIpc) is 2.94. The van der Waals surface area contributed by atoms with Crippen LogP contribution in [0.1, 0.15) is 60.0 Å². The van der Waals surface area contributed by atoms with E-state index in [1.807, 2.05) is 42.5 Å². The summed E-state index contributed by atoms with van der Waals surface area (Å²) in [5.41, 5.74) is 6.85. The molecule has 0 heterocycles. The van der Waals surface area contributed by atoms with Crippen molar-refractivity contribution >= 4 is 22.4 Å². The molecule has 1 aliphatic rings. The van der Waals surface area contributed by atoms with Crippen LogP contribution in [-0.4, -0.2) is 18.5 Å². The second-order valence-corrected chi connectivity index (χ2v) is 9.63. The number of benzene rings is 4. The van der Waals surface area contributed by atoms with E-state index in [0.29, 0.717) is 24.1 Å². The van der Waals surface area contributed by atoms with Crippen molar-refractivity contribution < 1.29 is 9.63 Å². The summed E-state index contributed by atoms with van der Waals surface area (Å²) in [7, 11) is 0. The normalized spacial score (nSPS) is 17.6. The number of anilines is 1. The topological polar surface area (TPSA) is 41.6 Å². The molecule has 1 N–H and O–H groups in total. The highest BCUT2D eigenvalue weighted by molar-refractivity contribution is 5.94. The highest BCUT2D eigenvalue weighted by Crippen LogP contribution is 2.38. The van der Waals surface area contributed by atoms with Gasteiger partial charge in [0.15, 0.2) is 0 Å². The van der Waals surface area contributed by atoms with Gasteiger partial charge in [0, 0.05) is 29.2 Å². The van der Waals surface area contributed by atoms with Gasteiger partial charge >= 0.3 is 0 Å². The number of hydroxylamine groups is 1. The minimum atomic E-state index is -0.216. The largest absolute Gasteiger partial charge is 0.368 e. The maximum absolute atomic E-state index is 12.5. The summed E-state index contributed by atoms with van der Waals surface area (Å²) in [6, 6.07) is 33.7. The first-order valence-corrected chi connectivity index (χ1v) is 13.0. The molecule has 5 rings (SSSR count). The fourth-order valence-corrected chi connectivity index (χ4v) is 5.56. The molecule has 0 aliphatic heterocycles. The molecule has 1 amide bonds. The summed E-state index contributed by atoms with van der Waals surface area (Å²) >= 11 is 0. The summed E-state index contributed by atoms with van der Waals surface area (Å²) in [4.78, 5) is 20.5. The molecule has 4 aromatic carbocycles. The first-order valence-electron chi connectivity index (χ1n) is 13.0. The predicted octanol–water partition coefficient (Wildman–Crippen LogP) is 7.25. The summed E-state index contributed by atoms with van der Waals surface area (Å²) in [5, 5.41) is 2.62. The predicted molar refractivity (Wildman–Crippen MR) is 147 cm³/mol. The van der Waals surface area contributed by atoms with Crippen LogP contribution < -0.4 is 10.4 Å². The van der Waals surface area contributed by atoms with Crippen LogP contribution in [0.3, 0.4) is 0 Å². The summed E-state index contributed by atoms with van der Waals surface area (Å²) in [6.45, 7) is 3.60. The quantitative estimate of drug-likeness (QED) is 0.271. The minimum Gasteiger partial charge on any atom is -0.368 e. The lowest BCUT2D eigenvalue weighted by Gasteiger charge is -2.39. The smallest absolute Gasteiger partial charge is 0.274 e. The van der Waals surface area contributed by atoms with Gasteiger partial charge in [0.05, 0.1) is 6.61 Å². The van der Waals surface area contributed by atoms with Crippen molar-refractivity contribution in [2.45, 2.75) is 51.2 Å². The number of carbonyl (C=O) groups excluding carboxylic acids is 1. The molecule has 1 fully saturated rings. The Kier molecular flexibility index (Phi) is 7.63. The average molecular weight is 479 g/mol. The molecule has 0 spiro atoms. The molecule has 4 heteroatoms. The van der Waals surface area contributed by atoms with Crippen molar-refractivity contribution in [3.8, 4) is 0 Å². The van der Waals surface area contributed by atoms with Gasteiger partial charge in [0.1, 0.15) is 0 Å². The van der Waals surface area contributed by atoms with E-state index in [1.54, 1.807) is 0 Å². The molecule has 1 aliphatic carbocycles. The van der Waals surface area contributed by atoms with Crippen molar-refractivity contribution in [1.29, 1.82) is 0 Å². The zero-order valence-corrected chi connectivity index (χ0v) is 20.9. The van der Waals surface area contributed by atoms with Crippen LogP contribution >= 0.6 is 0 Å². The van der Waals surface area contributed by atoms with Crippen LogP contribution in [0.4, 0.5) is 5.69 Å². The first kappa shape index (κ1) is 24.1. The van der Waals surface area contributed by atoms with E-state index in [9.17, 15) is 4.79 Å². The van der Waals surface area contributed by atoms with E-state index in [0.717, 1.165) is 18.5 Å². The second-order valence-electron chi connectivity index (χ2n) is 9.63. The molecule has 184 valence electrons. The maximum Gasteiger partial charge on any atom is 0.274 e. The summed E-state index contributed by atoms with van der Waals surface area (Å²) in [6.07, 6.45) is 4.75.